The molecule has 1 aliphatic rings. The largest absolute Gasteiger partial charge is 0.480 e. The van der Waals surface area contributed by atoms with Crippen molar-refractivity contribution in [2.75, 3.05) is 17.3 Å². The zero-order chi connectivity index (χ0) is 18.5. The van der Waals surface area contributed by atoms with Crippen LogP contribution in [0.2, 0.25) is 0 Å². The van der Waals surface area contributed by atoms with Crippen molar-refractivity contribution in [3.63, 3.8) is 0 Å². The van der Waals surface area contributed by atoms with Crippen molar-refractivity contribution in [3.8, 4) is 0 Å². The Hall–Kier alpha value is -1.58. The second-order valence-corrected chi connectivity index (χ2v) is 9.20. The molecule has 1 aromatic rings. The molecule has 0 saturated carbocycles. The lowest BCUT2D eigenvalue weighted by Crippen LogP contribution is -2.56. The zero-order valence-corrected chi connectivity index (χ0v) is 15.6. The number of hydrogen-bond donors (Lipinski definition) is 3. The number of benzene rings is 1. The lowest BCUT2D eigenvalue weighted by atomic mass is 9.92. The van der Waals surface area contributed by atoms with Gasteiger partial charge in [-0.1, -0.05) is 12.1 Å². The summed E-state index contributed by atoms with van der Waals surface area (Å²) in [6, 6.07) is 6.44. The van der Waals surface area contributed by atoms with E-state index in [0.29, 0.717) is 29.9 Å². The maximum absolute atomic E-state index is 12.4. The Morgan fingerprint density at radius 1 is 1.20 bits per heavy atom. The first-order valence-corrected chi connectivity index (χ1v) is 10.8. The molecule has 2 rings (SSSR count). The summed E-state index contributed by atoms with van der Waals surface area (Å²) in [6.07, 6.45) is 0.797. The fourth-order valence-corrected chi connectivity index (χ4v) is 4.25. The summed E-state index contributed by atoms with van der Waals surface area (Å²) >= 11 is 1.68. The predicted molar refractivity (Wildman–Crippen MR) is 97.1 cm³/mol. The van der Waals surface area contributed by atoms with Crippen LogP contribution in [0, 0.1) is 0 Å². The molecule has 1 saturated heterocycles. The number of sulfonamides is 1. The summed E-state index contributed by atoms with van der Waals surface area (Å²) in [5.74, 6) is -0.0448. The fourth-order valence-electron chi connectivity index (χ4n) is 2.47. The van der Waals surface area contributed by atoms with Gasteiger partial charge in [0.05, 0.1) is 5.75 Å². The van der Waals surface area contributed by atoms with Crippen molar-refractivity contribution in [1.82, 2.24) is 10.0 Å². The highest BCUT2D eigenvalue weighted by Crippen LogP contribution is 2.27. The van der Waals surface area contributed by atoms with Crippen LogP contribution in [0.15, 0.2) is 24.3 Å². The van der Waals surface area contributed by atoms with Gasteiger partial charge in [-0.15, -0.1) is 0 Å². The third-order valence-electron chi connectivity index (χ3n) is 4.20. The SMILES string of the molecule is CCS(=O)(=O)NCc1ccc(C(=O)NC2(C(=O)O)CCSCC2)cc1. The Morgan fingerprint density at radius 3 is 2.32 bits per heavy atom. The summed E-state index contributed by atoms with van der Waals surface area (Å²) in [7, 11) is -3.28. The van der Waals surface area contributed by atoms with E-state index in [0.717, 1.165) is 5.56 Å². The molecule has 7 nitrogen and oxygen atoms in total. The van der Waals surface area contributed by atoms with Gasteiger partial charge in [-0.05, 0) is 49.0 Å². The standard InChI is InChI=1S/C16H22N2O5S2/c1-2-25(22,23)17-11-12-3-5-13(6-4-12)14(19)18-16(15(20)21)7-9-24-10-8-16/h3-6,17H,2,7-11H2,1H3,(H,18,19)(H,20,21). The molecule has 0 aliphatic carbocycles. The number of carboxylic acid groups (broad SMARTS) is 1. The van der Waals surface area contributed by atoms with Gasteiger partial charge in [0.1, 0.15) is 5.54 Å². The quantitative estimate of drug-likeness (QED) is 0.649. The molecular formula is C16H22N2O5S2. The summed E-state index contributed by atoms with van der Waals surface area (Å²) in [6.45, 7) is 1.70. The molecule has 0 spiro atoms. The molecule has 0 aromatic heterocycles. The van der Waals surface area contributed by atoms with E-state index >= 15 is 0 Å². The smallest absolute Gasteiger partial charge is 0.329 e. The van der Waals surface area contributed by atoms with Crippen molar-refractivity contribution >= 4 is 33.7 Å². The van der Waals surface area contributed by atoms with Crippen molar-refractivity contribution in [1.29, 1.82) is 0 Å². The van der Waals surface area contributed by atoms with Crippen LogP contribution in [-0.2, 0) is 21.4 Å². The average molecular weight is 386 g/mol. The first kappa shape index (κ1) is 19.7. The lowest BCUT2D eigenvalue weighted by Gasteiger charge is -2.33. The second-order valence-electron chi connectivity index (χ2n) is 5.88. The van der Waals surface area contributed by atoms with Crippen LogP contribution in [0.5, 0.6) is 0 Å². The zero-order valence-electron chi connectivity index (χ0n) is 13.9. The van der Waals surface area contributed by atoms with Crippen LogP contribution in [0.1, 0.15) is 35.7 Å². The van der Waals surface area contributed by atoms with E-state index in [4.69, 9.17) is 0 Å². The molecule has 25 heavy (non-hydrogen) atoms. The number of carbonyl (C=O) groups is 2. The Labute approximate surface area is 151 Å². The van der Waals surface area contributed by atoms with Gasteiger partial charge in [0.25, 0.3) is 5.91 Å². The van der Waals surface area contributed by atoms with Crippen LogP contribution in [0.3, 0.4) is 0 Å². The molecule has 1 fully saturated rings. The first-order valence-electron chi connectivity index (χ1n) is 7.98. The number of thioether (sulfide) groups is 1. The molecule has 9 heteroatoms. The van der Waals surface area contributed by atoms with Crippen molar-refractivity contribution in [2.24, 2.45) is 0 Å². The summed E-state index contributed by atoms with van der Waals surface area (Å²) in [5.41, 5.74) is -0.144. The highest BCUT2D eigenvalue weighted by molar-refractivity contribution is 7.99. The molecule has 1 aliphatic heterocycles. The van der Waals surface area contributed by atoms with E-state index in [-0.39, 0.29) is 12.3 Å². The third-order valence-corrected chi connectivity index (χ3v) is 6.53. The molecule has 0 radical (unpaired) electrons. The lowest BCUT2D eigenvalue weighted by molar-refractivity contribution is -0.144. The van der Waals surface area contributed by atoms with Crippen LogP contribution in [0.4, 0.5) is 0 Å². The number of rotatable bonds is 7. The molecule has 0 atom stereocenters. The van der Waals surface area contributed by atoms with Gasteiger partial charge in [0.2, 0.25) is 10.0 Å². The minimum absolute atomic E-state index is 0.00302. The minimum Gasteiger partial charge on any atom is -0.480 e. The van der Waals surface area contributed by atoms with E-state index in [2.05, 4.69) is 10.0 Å². The topological polar surface area (TPSA) is 113 Å². The molecule has 0 unspecified atom stereocenters. The summed E-state index contributed by atoms with van der Waals surface area (Å²) < 4.78 is 25.3. The number of nitrogens with one attached hydrogen (secondary N) is 2. The van der Waals surface area contributed by atoms with Crippen LogP contribution in [-0.4, -0.2) is 48.2 Å². The maximum Gasteiger partial charge on any atom is 0.329 e. The number of carboxylic acids is 1. The van der Waals surface area contributed by atoms with Crippen molar-refractivity contribution in [3.05, 3.63) is 35.4 Å². The monoisotopic (exact) mass is 386 g/mol. The molecule has 1 heterocycles. The van der Waals surface area contributed by atoms with Gasteiger partial charge >= 0.3 is 5.97 Å². The Balaban J connectivity index is 2.03. The molecule has 0 bridgehead atoms. The minimum atomic E-state index is -3.28. The van der Waals surface area contributed by atoms with Crippen LogP contribution >= 0.6 is 11.8 Å². The predicted octanol–water partition coefficient (Wildman–Crippen LogP) is 1.21. The van der Waals surface area contributed by atoms with E-state index in [1.54, 1.807) is 43.0 Å². The van der Waals surface area contributed by atoms with Gasteiger partial charge in [0.15, 0.2) is 0 Å². The molecule has 1 aromatic carbocycles. The second kappa shape index (κ2) is 8.20. The summed E-state index contributed by atoms with van der Waals surface area (Å²) in [5, 5.41) is 12.2. The highest BCUT2D eigenvalue weighted by atomic mass is 32.2. The molecular weight excluding hydrogens is 364 g/mol. The first-order chi connectivity index (χ1) is 11.8. The van der Waals surface area contributed by atoms with E-state index in [9.17, 15) is 23.1 Å². The molecule has 3 N–H and O–H groups in total. The number of amides is 1. The Kier molecular flexibility index (Phi) is 6.47. The normalized spacial score (nSPS) is 17.0. The maximum atomic E-state index is 12.4. The van der Waals surface area contributed by atoms with Gasteiger partial charge in [-0.3, -0.25) is 4.79 Å². The fraction of sp³-hybridized carbons (Fsp3) is 0.500. The van der Waals surface area contributed by atoms with Gasteiger partial charge in [-0.2, -0.15) is 11.8 Å². The highest BCUT2D eigenvalue weighted by Gasteiger charge is 2.41. The Bertz CT molecular complexity index is 725. The number of hydrogen-bond acceptors (Lipinski definition) is 5. The summed E-state index contributed by atoms with van der Waals surface area (Å²) in [4.78, 5) is 24.0. The van der Waals surface area contributed by atoms with Crippen molar-refractivity contribution < 1.29 is 23.1 Å². The van der Waals surface area contributed by atoms with E-state index < -0.39 is 27.4 Å². The van der Waals surface area contributed by atoms with Gasteiger partial charge < -0.3 is 10.4 Å². The van der Waals surface area contributed by atoms with Crippen LogP contribution in [0.25, 0.3) is 0 Å². The number of carbonyl (C=O) groups excluding carboxylic acids is 1. The third kappa shape index (κ3) is 5.20. The van der Waals surface area contributed by atoms with E-state index in [1.165, 1.54) is 0 Å². The average Bonchev–Trinajstić information content (AvgIpc) is 2.61. The molecule has 138 valence electrons. The van der Waals surface area contributed by atoms with Crippen molar-refractivity contribution in [2.45, 2.75) is 31.8 Å². The Morgan fingerprint density at radius 2 is 1.80 bits per heavy atom. The number of aliphatic carboxylic acids is 1. The molecule has 1 amide bonds. The van der Waals surface area contributed by atoms with Gasteiger partial charge in [0, 0.05) is 12.1 Å². The van der Waals surface area contributed by atoms with Crippen LogP contribution < -0.4 is 10.0 Å². The van der Waals surface area contributed by atoms with Gasteiger partial charge in [-0.25, -0.2) is 17.9 Å². The van der Waals surface area contributed by atoms with E-state index in [1.807, 2.05) is 0 Å².